The zero-order chi connectivity index (χ0) is 15.2. The molecule has 0 aliphatic heterocycles. The minimum Gasteiger partial charge on any atom is -0.496 e. The van der Waals surface area contributed by atoms with Gasteiger partial charge in [-0.3, -0.25) is 0 Å². The van der Waals surface area contributed by atoms with Crippen LogP contribution in [0.15, 0.2) is 52.1 Å². The van der Waals surface area contributed by atoms with E-state index in [1.165, 1.54) is 7.11 Å². The van der Waals surface area contributed by atoms with Crippen molar-refractivity contribution in [3.05, 3.63) is 58.1 Å². The molecule has 21 heavy (non-hydrogen) atoms. The number of ether oxygens (including phenoxy) is 2. The number of hydrogen-bond acceptors (Lipinski definition) is 4. The van der Waals surface area contributed by atoms with Crippen molar-refractivity contribution in [2.24, 2.45) is 10.9 Å². The predicted molar refractivity (Wildman–Crippen MR) is 84.0 cm³/mol. The van der Waals surface area contributed by atoms with E-state index in [1.807, 2.05) is 30.3 Å². The fourth-order valence-corrected chi connectivity index (χ4v) is 2.05. The number of rotatable bonds is 5. The number of methoxy groups -OCH3 is 1. The van der Waals surface area contributed by atoms with Gasteiger partial charge in [0.25, 0.3) is 0 Å². The summed E-state index contributed by atoms with van der Waals surface area (Å²) in [5.41, 5.74) is 7.04. The average molecular weight is 351 g/mol. The van der Waals surface area contributed by atoms with Crippen molar-refractivity contribution in [2.75, 3.05) is 7.11 Å². The Bertz CT molecular complexity index is 642. The lowest BCUT2D eigenvalue weighted by Crippen LogP contribution is -2.14. The molecule has 0 radical (unpaired) electrons. The zero-order valence-electron chi connectivity index (χ0n) is 11.4. The van der Waals surface area contributed by atoms with E-state index in [9.17, 15) is 0 Å². The topological polar surface area (TPSA) is 77.1 Å². The van der Waals surface area contributed by atoms with Crippen LogP contribution in [-0.4, -0.2) is 18.2 Å². The number of nitrogens with two attached hydrogens (primary N) is 1. The molecular formula is C15H15BrN2O3. The highest BCUT2D eigenvalue weighted by molar-refractivity contribution is 9.10. The highest BCUT2D eigenvalue weighted by atomic mass is 79.9. The molecule has 2 aromatic carbocycles. The third-order valence-electron chi connectivity index (χ3n) is 2.87. The Balaban J connectivity index is 2.12. The summed E-state index contributed by atoms with van der Waals surface area (Å²) in [5, 5.41) is 11.7. The van der Waals surface area contributed by atoms with Crippen molar-refractivity contribution in [3.63, 3.8) is 0 Å². The molecule has 5 nitrogen and oxygen atoms in total. The first-order chi connectivity index (χ1) is 10.1. The van der Waals surface area contributed by atoms with Crippen molar-refractivity contribution in [2.45, 2.75) is 6.61 Å². The van der Waals surface area contributed by atoms with Crippen molar-refractivity contribution in [1.82, 2.24) is 0 Å². The molecule has 0 atom stereocenters. The smallest absolute Gasteiger partial charge is 0.173 e. The number of oxime groups is 1. The monoisotopic (exact) mass is 350 g/mol. The summed E-state index contributed by atoms with van der Waals surface area (Å²) in [6.45, 7) is 0.397. The van der Waals surface area contributed by atoms with E-state index in [0.717, 1.165) is 15.8 Å². The predicted octanol–water partition coefficient (Wildman–Crippen LogP) is 3.13. The standard InChI is InChI=1S/C15H15BrN2O3/c1-20-14-8-10(2-7-13(14)15(17)18-19)9-21-12-5-3-11(16)4-6-12/h2-8,19H,9H2,1H3,(H2,17,18). The van der Waals surface area contributed by atoms with E-state index in [1.54, 1.807) is 12.1 Å². The number of nitrogens with zero attached hydrogens (tertiary/aromatic N) is 1. The molecule has 0 heterocycles. The maximum absolute atomic E-state index is 8.73. The molecule has 0 aliphatic rings. The van der Waals surface area contributed by atoms with Gasteiger partial charge in [0.15, 0.2) is 5.84 Å². The van der Waals surface area contributed by atoms with E-state index in [-0.39, 0.29) is 5.84 Å². The number of halogens is 1. The van der Waals surface area contributed by atoms with Gasteiger partial charge < -0.3 is 20.4 Å². The van der Waals surface area contributed by atoms with E-state index in [2.05, 4.69) is 21.1 Å². The molecule has 0 saturated heterocycles. The first-order valence-corrected chi connectivity index (χ1v) is 6.96. The van der Waals surface area contributed by atoms with Crippen LogP contribution in [-0.2, 0) is 6.61 Å². The minimum atomic E-state index is 0.00669. The van der Waals surface area contributed by atoms with Crippen LogP contribution in [0, 0.1) is 0 Å². The van der Waals surface area contributed by atoms with Gasteiger partial charge in [0, 0.05) is 4.47 Å². The first kappa shape index (κ1) is 15.2. The molecule has 2 rings (SSSR count). The molecule has 6 heteroatoms. The van der Waals surface area contributed by atoms with Gasteiger partial charge in [-0.05, 0) is 42.0 Å². The Kier molecular flexibility index (Phi) is 5.05. The summed E-state index contributed by atoms with van der Waals surface area (Å²) in [7, 11) is 1.53. The fourth-order valence-electron chi connectivity index (χ4n) is 1.79. The molecule has 2 aromatic rings. The summed E-state index contributed by atoms with van der Waals surface area (Å²) >= 11 is 3.37. The number of hydrogen-bond donors (Lipinski definition) is 2. The van der Waals surface area contributed by atoms with Gasteiger partial charge in [-0.15, -0.1) is 0 Å². The van der Waals surface area contributed by atoms with Crippen LogP contribution in [0.25, 0.3) is 0 Å². The lowest BCUT2D eigenvalue weighted by molar-refractivity contribution is 0.305. The second-order valence-corrected chi connectivity index (χ2v) is 5.18. The molecule has 0 bridgehead atoms. The summed E-state index contributed by atoms with van der Waals surface area (Å²) < 4.78 is 11.9. The van der Waals surface area contributed by atoms with Gasteiger partial charge in [0.2, 0.25) is 0 Å². The van der Waals surface area contributed by atoms with E-state index in [0.29, 0.717) is 17.9 Å². The van der Waals surface area contributed by atoms with Crippen molar-refractivity contribution in [3.8, 4) is 11.5 Å². The molecule has 0 spiro atoms. The van der Waals surface area contributed by atoms with Crippen molar-refractivity contribution < 1.29 is 14.7 Å². The molecule has 0 unspecified atom stereocenters. The highest BCUT2D eigenvalue weighted by Gasteiger charge is 2.09. The van der Waals surface area contributed by atoms with Crippen LogP contribution in [0.1, 0.15) is 11.1 Å². The largest absolute Gasteiger partial charge is 0.496 e. The Labute approximate surface area is 131 Å². The second kappa shape index (κ2) is 6.99. The van der Waals surface area contributed by atoms with Crippen LogP contribution in [0.4, 0.5) is 0 Å². The van der Waals surface area contributed by atoms with Crippen LogP contribution >= 0.6 is 15.9 Å². The summed E-state index contributed by atoms with van der Waals surface area (Å²) in [6.07, 6.45) is 0. The Hall–Kier alpha value is -2.21. The summed E-state index contributed by atoms with van der Waals surface area (Å²) in [6, 6.07) is 13.0. The van der Waals surface area contributed by atoms with Crippen molar-refractivity contribution in [1.29, 1.82) is 0 Å². The van der Waals surface area contributed by atoms with Crippen LogP contribution in [0.2, 0.25) is 0 Å². The zero-order valence-corrected chi connectivity index (χ0v) is 13.0. The maximum atomic E-state index is 8.73. The SMILES string of the molecule is COc1cc(COc2ccc(Br)cc2)ccc1/C(N)=N/O. The number of benzene rings is 2. The molecule has 0 amide bonds. The van der Waals surface area contributed by atoms with Gasteiger partial charge in [-0.2, -0.15) is 0 Å². The van der Waals surface area contributed by atoms with Crippen LogP contribution in [0.3, 0.4) is 0 Å². The second-order valence-electron chi connectivity index (χ2n) is 4.26. The van der Waals surface area contributed by atoms with Gasteiger partial charge in [0.1, 0.15) is 18.1 Å². The van der Waals surface area contributed by atoms with Gasteiger partial charge in [-0.25, -0.2) is 0 Å². The van der Waals surface area contributed by atoms with Gasteiger partial charge in [0.05, 0.1) is 12.7 Å². The Morgan fingerprint density at radius 1 is 1.24 bits per heavy atom. The van der Waals surface area contributed by atoms with E-state index < -0.39 is 0 Å². The fraction of sp³-hybridized carbons (Fsp3) is 0.133. The van der Waals surface area contributed by atoms with Crippen LogP contribution < -0.4 is 15.2 Å². The number of amidine groups is 1. The highest BCUT2D eigenvalue weighted by Crippen LogP contribution is 2.22. The third-order valence-corrected chi connectivity index (χ3v) is 3.40. The quantitative estimate of drug-likeness (QED) is 0.376. The molecule has 0 aliphatic carbocycles. The van der Waals surface area contributed by atoms with E-state index in [4.69, 9.17) is 20.4 Å². The minimum absolute atomic E-state index is 0.00669. The Morgan fingerprint density at radius 3 is 2.57 bits per heavy atom. The molecule has 110 valence electrons. The van der Waals surface area contributed by atoms with E-state index >= 15 is 0 Å². The van der Waals surface area contributed by atoms with Gasteiger partial charge >= 0.3 is 0 Å². The third kappa shape index (κ3) is 3.88. The maximum Gasteiger partial charge on any atom is 0.173 e. The molecule has 0 aromatic heterocycles. The molecule has 3 N–H and O–H groups in total. The molecule has 0 fully saturated rings. The van der Waals surface area contributed by atoms with Crippen LogP contribution in [0.5, 0.6) is 11.5 Å². The molecular weight excluding hydrogens is 336 g/mol. The Morgan fingerprint density at radius 2 is 1.95 bits per heavy atom. The summed E-state index contributed by atoms with van der Waals surface area (Å²) in [5.74, 6) is 1.31. The molecule has 0 saturated carbocycles. The van der Waals surface area contributed by atoms with Crippen molar-refractivity contribution >= 4 is 21.8 Å². The lowest BCUT2D eigenvalue weighted by Gasteiger charge is -2.11. The normalized spacial score (nSPS) is 11.2. The lowest BCUT2D eigenvalue weighted by atomic mass is 10.1. The first-order valence-electron chi connectivity index (χ1n) is 6.17. The average Bonchev–Trinajstić information content (AvgIpc) is 2.53. The van der Waals surface area contributed by atoms with Gasteiger partial charge in [-0.1, -0.05) is 27.2 Å². The summed E-state index contributed by atoms with van der Waals surface area (Å²) in [4.78, 5) is 0.